The lowest BCUT2D eigenvalue weighted by Gasteiger charge is -2.28. The normalized spacial score (nSPS) is 13.8. The maximum atomic E-state index is 12.3. The molecule has 0 bridgehead atoms. The average Bonchev–Trinajstić information content (AvgIpc) is 2.77. The second-order valence-electron chi connectivity index (χ2n) is 6.73. The third-order valence-corrected chi connectivity index (χ3v) is 4.97. The molecule has 0 radical (unpaired) electrons. The van der Waals surface area contributed by atoms with Crippen molar-refractivity contribution >= 4 is 29.0 Å². The van der Waals surface area contributed by atoms with Gasteiger partial charge in [0.15, 0.2) is 5.78 Å². The highest BCUT2D eigenvalue weighted by atomic mass is 35.5. The van der Waals surface area contributed by atoms with Crippen LogP contribution in [0, 0.1) is 0 Å². The van der Waals surface area contributed by atoms with E-state index >= 15 is 0 Å². The highest BCUT2D eigenvalue weighted by Gasteiger charge is 2.13. The number of ketones is 1. The van der Waals surface area contributed by atoms with Crippen LogP contribution in [0.3, 0.4) is 0 Å². The quantitative estimate of drug-likeness (QED) is 0.501. The molecule has 3 rings (SSSR count). The van der Waals surface area contributed by atoms with E-state index < -0.39 is 0 Å². The van der Waals surface area contributed by atoms with Crippen LogP contribution in [0.1, 0.15) is 23.2 Å². The van der Waals surface area contributed by atoms with Crippen molar-refractivity contribution in [3.8, 4) is 5.75 Å². The first-order valence-corrected chi connectivity index (χ1v) is 10.1. The zero-order valence-electron chi connectivity index (χ0n) is 16.2. The Morgan fingerprint density at radius 2 is 1.79 bits per heavy atom. The highest BCUT2D eigenvalue weighted by molar-refractivity contribution is 6.32. The predicted molar refractivity (Wildman–Crippen MR) is 113 cm³/mol. The number of morpholine rings is 1. The van der Waals surface area contributed by atoms with E-state index in [4.69, 9.17) is 21.1 Å². The number of benzene rings is 2. The van der Waals surface area contributed by atoms with Gasteiger partial charge in [0.25, 0.3) is 0 Å². The number of hydrogen-bond acceptors (Lipinski definition) is 5. The number of Topliss-reactive ketones (excluding diaryl/α,β-unsaturated/α-hetero) is 1. The molecule has 1 heterocycles. The number of ether oxygens (including phenoxy) is 2. The first-order chi connectivity index (χ1) is 14.1. The number of carbonyl (C=O) groups is 2. The van der Waals surface area contributed by atoms with Crippen molar-refractivity contribution in [2.24, 2.45) is 0 Å². The average molecular weight is 417 g/mol. The van der Waals surface area contributed by atoms with Crippen molar-refractivity contribution in [1.29, 1.82) is 0 Å². The van der Waals surface area contributed by atoms with E-state index in [0.29, 0.717) is 29.4 Å². The third kappa shape index (κ3) is 6.48. The molecule has 154 valence electrons. The van der Waals surface area contributed by atoms with Crippen LogP contribution in [0.4, 0.5) is 5.69 Å². The molecule has 1 aliphatic heterocycles. The zero-order chi connectivity index (χ0) is 20.5. The predicted octanol–water partition coefficient (Wildman–Crippen LogP) is 3.33. The summed E-state index contributed by atoms with van der Waals surface area (Å²) in [7, 11) is 0. The SMILES string of the molecule is O=C(CCCOc1ccccc1Cl)NCC(=O)c1ccc(N2CCOCC2)cc1. The molecule has 0 aromatic heterocycles. The number of nitrogens with one attached hydrogen (secondary N) is 1. The Labute approximate surface area is 175 Å². The fraction of sp³-hybridized carbons (Fsp3) is 0.364. The van der Waals surface area contributed by atoms with Gasteiger partial charge in [-0.3, -0.25) is 9.59 Å². The Kier molecular flexibility index (Phi) is 7.90. The molecule has 0 spiro atoms. The van der Waals surface area contributed by atoms with Crippen LogP contribution in [0.15, 0.2) is 48.5 Å². The molecule has 1 aliphatic rings. The van der Waals surface area contributed by atoms with Crippen LogP contribution in [0.2, 0.25) is 5.02 Å². The Bertz CT molecular complexity index is 820. The molecule has 2 aromatic rings. The van der Waals surface area contributed by atoms with E-state index in [2.05, 4.69) is 10.2 Å². The minimum atomic E-state index is -0.175. The van der Waals surface area contributed by atoms with Crippen molar-refractivity contribution in [2.75, 3.05) is 44.4 Å². The Morgan fingerprint density at radius 3 is 2.52 bits per heavy atom. The third-order valence-electron chi connectivity index (χ3n) is 4.65. The van der Waals surface area contributed by atoms with Crippen molar-refractivity contribution in [3.63, 3.8) is 0 Å². The van der Waals surface area contributed by atoms with Crippen LogP contribution < -0.4 is 15.0 Å². The maximum absolute atomic E-state index is 12.3. The molecular weight excluding hydrogens is 392 g/mol. The number of hydrogen-bond donors (Lipinski definition) is 1. The summed E-state index contributed by atoms with van der Waals surface area (Å²) in [5.74, 6) is 0.315. The van der Waals surface area contributed by atoms with E-state index in [1.165, 1.54) is 0 Å². The maximum Gasteiger partial charge on any atom is 0.220 e. The number of rotatable bonds is 9. The van der Waals surface area contributed by atoms with Crippen molar-refractivity contribution in [3.05, 3.63) is 59.1 Å². The Hall–Kier alpha value is -2.57. The van der Waals surface area contributed by atoms with Crippen LogP contribution >= 0.6 is 11.6 Å². The molecule has 0 atom stereocenters. The monoisotopic (exact) mass is 416 g/mol. The van der Waals surface area contributed by atoms with Gasteiger partial charge in [-0.2, -0.15) is 0 Å². The van der Waals surface area contributed by atoms with Gasteiger partial charge in [0, 0.05) is 30.8 Å². The topological polar surface area (TPSA) is 67.9 Å². The molecule has 29 heavy (non-hydrogen) atoms. The summed E-state index contributed by atoms with van der Waals surface area (Å²) in [6, 6.07) is 14.7. The molecular formula is C22H25ClN2O4. The lowest BCUT2D eigenvalue weighted by atomic mass is 10.1. The molecule has 6 nitrogen and oxygen atoms in total. The van der Waals surface area contributed by atoms with Gasteiger partial charge in [-0.25, -0.2) is 0 Å². The minimum Gasteiger partial charge on any atom is -0.492 e. The van der Waals surface area contributed by atoms with Crippen LogP contribution in [0.25, 0.3) is 0 Å². The minimum absolute atomic E-state index is 0.0128. The summed E-state index contributed by atoms with van der Waals surface area (Å²) >= 11 is 6.01. The van der Waals surface area contributed by atoms with E-state index in [0.717, 1.165) is 32.0 Å². The fourth-order valence-corrected chi connectivity index (χ4v) is 3.22. The summed E-state index contributed by atoms with van der Waals surface area (Å²) in [6.07, 6.45) is 0.827. The number of anilines is 1. The summed E-state index contributed by atoms with van der Waals surface area (Å²) in [5.41, 5.74) is 1.66. The molecule has 2 aromatic carbocycles. The number of para-hydroxylation sites is 1. The largest absolute Gasteiger partial charge is 0.492 e. The first-order valence-electron chi connectivity index (χ1n) is 9.73. The van der Waals surface area contributed by atoms with Gasteiger partial charge in [-0.1, -0.05) is 23.7 Å². The van der Waals surface area contributed by atoms with Crippen LogP contribution in [-0.2, 0) is 9.53 Å². The number of carbonyl (C=O) groups excluding carboxylic acids is 2. The highest BCUT2D eigenvalue weighted by Crippen LogP contribution is 2.23. The zero-order valence-corrected chi connectivity index (χ0v) is 17.0. The molecule has 0 aliphatic carbocycles. The molecule has 7 heteroatoms. The van der Waals surface area contributed by atoms with Crippen LogP contribution in [-0.4, -0.2) is 51.1 Å². The lowest BCUT2D eigenvalue weighted by molar-refractivity contribution is -0.121. The Balaban J connectivity index is 1.36. The molecule has 1 fully saturated rings. The van der Waals surface area contributed by atoms with Gasteiger partial charge in [0.1, 0.15) is 5.75 Å². The second-order valence-corrected chi connectivity index (χ2v) is 7.14. The Morgan fingerprint density at radius 1 is 1.07 bits per heavy atom. The molecule has 0 unspecified atom stereocenters. The summed E-state index contributed by atoms with van der Waals surface area (Å²) < 4.78 is 10.9. The first kappa shape index (κ1) is 21.1. The van der Waals surface area contributed by atoms with E-state index in [-0.39, 0.29) is 24.7 Å². The summed E-state index contributed by atoms with van der Waals surface area (Å²) in [4.78, 5) is 26.5. The van der Waals surface area contributed by atoms with Gasteiger partial charge in [0.2, 0.25) is 5.91 Å². The number of nitrogens with zero attached hydrogens (tertiary/aromatic N) is 1. The summed E-state index contributed by atoms with van der Waals surface area (Å²) in [5, 5.41) is 3.22. The number of amides is 1. The molecule has 0 saturated carbocycles. The van der Waals surface area contributed by atoms with Crippen molar-refractivity contribution in [1.82, 2.24) is 5.32 Å². The van der Waals surface area contributed by atoms with Crippen molar-refractivity contribution < 1.29 is 19.1 Å². The summed E-state index contributed by atoms with van der Waals surface area (Å²) in [6.45, 7) is 3.51. The molecule has 1 saturated heterocycles. The van der Waals surface area contributed by atoms with Gasteiger partial charge in [-0.05, 0) is 42.8 Å². The fourth-order valence-electron chi connectivity index (χ4n) is 3.03. The standard InChI is InChI=1S/C22H25ClN2O4/c23-19-4-1-2-5-21(19)29-13-3-6-22(27)24-16-20(26)17-7-9-18(10-8-17)25-11-14-28-15-12-25/h1-2,4-5,7-10H,3,6,11-16H2,(H,24,27). The van der Waals surface area contributed by atoms with E-state index in [1.54, 1.807) is 24.3 Å². The van der Waals surface area contributed by atoms with Gasteiger partial charge in [-0.15, -0.1) is 0 Å². The van der Waals surface area contributed by atoms with Crippen LogP contribution in [0.5, 0.6) is 5.75 Å². The molecule has 1 amide bonds. The van der Waals surface area contributed by atoms with Gasteiger partial charge in [0.05, 0.1) is 31.4 Å². The lowest BCUT2D eigenvalue weighted by Crippen LogP contribution is -2.36. The smallest absolute Gasteiger partial charge is 0.220 e. The number of halogens is 1. The van der Waals surface area contributed by atoms with Gasteiger partial charge >= 0.3 is 0 Å². The van der Waals surface area contributed by atoms with E-state index in [9.17, 15) is 9.59 Å². The van der Waals surface area contributed by atoms with E-state index in [1.807, 2.05) is 24.3 Å². The second kappa shape index (κ2) is 10.8. The molecule has 1 N–H and O–H groups in total. The van der Waals surface area contributed by atoms with Gasteiger partial charge < -0.3 is 19.7 Å². The van der Waals surface area contributed by atoms with Crippen molar-refractivity contribution in [2.45, 2.75) is 12.8 Å².